The van der Waals surface area contributed by atoms with Crippen LogP contribution in [0.1, 0.15) is 45.7 Å². The highest BCUT2D eigenvalue weighted by atomic mass is 16.5. The predicted octanol–water partition coefficient (Wildman–Crippen LogP) is 3.55. The van der Waals surface area contributed by atoms with E-state index in [2.05, 4.69) is 32.7 Å². The average Bonchev–Trinajstić information content (AvgIpc) is 3.09. The van der Waals surface area contributed by atoms with Crippen molar-refractivity contribution in [2.24, 2.45) is 0 Å². The normalized spacial score (nSPS) is 16.5. The van der Waals surface area contributed by atoms with E-state index in [0.717, 1.165) is 42.0 Å². The van der Waals surface area contributed by atoms with Crippen LogP contribution < -0.4 is 10.6 Å². The van der Waals surface area contributed by atoms with Crippen molar-refractivity contribution < 1.29 is 9.53 Å². The number of benzene rings is 1. The third-order valence-corrected chi connectivity index (χ3v) is 4.51. The van der Waals surface area contributed by atoms with Crippen LogP contribution in [0.5, 0.6) is 0 Å². The van der Waals surface area contributed by atoms with Gasteiger partial charge >= 0.3 is 0 Å². The molecular weight excluding hydrogens is 328 g/mol. The predicted molar refractivity (Wildman–Crippen MR) is 103 cm³/mol. The SMILES string of the molecule is Cc1cc(C)c(NC(=O)c2cc(C)nc(NCC3CCCO3)n2)c(C)c1. The van der Waals surface area contributed by atoms with Crippen LogP contribution in [0.15, 0.2) is 18.2 Å². The van der Waals surface area contributed by atoms with Crippen molar-refractivity contribution in [2.45, 2.75) is 46.6 Å². The molecule has 0 aliphatic carbocycles. The van der Waals surface area contributed by atoms with Gasteiger partial charge in [0.15, 0.2) is 0 Å². The Morgan fingerprint density at radius 1 is 1.15 bits per heavy atom. The van der Waals surface area contributed by atoms with E-state index in [0.29, 0.717) is 18.2 Å². The Morgan fingerprint density at radius 2 is 1.88 bits per heavy atom. The Labute approximate surface area is 154 Å². The first-order valence-corrected chi connectivity index (χ1v) is 9.03. The molecule has 138 valence electrons. The molecule has 0 bridgehead atoms. The molecule has 1 unspecified atom stereocenters. The fourth-order valence-corrected chi connectivity index (χ4v) is 3.33. The summed E-state index contributed by atoms with van der Waals surface area (Å²) < 4.78 is 5.60. The zero-order valence-corrected chi connectivity index (χ0v) is 15.8. The summed E-state index contributed by atoms with van der Waals surface area (Å²) in [6.45, 7) is 9.36. The maximum Gasteiger partial charge on any atom is 0.274 e. The molecular formula is C20H26N4O2. The van der Waals surface area contributed by atoms with Crippen molar-refractivity contribution in [2.75, 3.05) is 23.8 Å². The van der Waals surface area contributed by atoms with Crippen molar-refractivity contribution in [3.63, 3.8) is 0 Å². The maximum absolute atomic E-state index is 12.7. The first-order chi connectivity index (χ1) is 12.4. The second-order valence-electron chi connectivity index (χ2n) is 6.96. The topological polar surface area (TPSA) is 76.1 Å². The number of aromatic nitrogens is 2. The standard InChI is InChI=1S/C20H26N4O2/c1-12-8-13(2)18(14(3)9-12)24-19(25)17-10-15(4)22-20(23-17)21-11-16-6-5-7-26-16/h8-10,16H,5-7,11H2,1-4H3,(H,24,25)(H,21,22,23). The van der Waals surface area contributed by atoms with E-state index in [1.54, 1.807) is 6.07 Å². The number of carbonyl (C=O) groups excluding carboxylic acids is 1. The van der Waals surface area contributed by atoms with Gasteiger partial charge in [-0.2, -0.15) is 0 Å². The second kappa shape index (κ2) is 7.83. The minimum atomic E-state index is -0.231. The van der Waals surface area contributed by atoms with Crippen molar-refractivity contribution in [1.29, 1.82) is 0 Å². The van der Waals surface area contributed by atoms with Crippen LogP contribution in [0.4, 0.5) is 11.6 Å². The molecule has 2 N–H and O–H groups in total. The van der Waals surface area contributed by atoms with Gasteiger partial charge in [0.1, 0.15) is 5.69 Å². The molecule has 26 heavy (non-hydrogen) atoms. The van der Waals surface area contributed by atoms with Crippen molar-refractivity contribution >= 4 is 17.5 Å². The van der Waals surface area contributed by atoms with Gasteiger partial charge in [0.25, 0.3) is 5.91 Å². The third kappa shape index (κ3) is 4.38. The maximum atomic E-state index is 12.7. The summed E-state index contributed by atoms with van der Waals surface area (Å²) >= 11 is 0. The number of nitrogens with one attached hydrogen (secondary N) is 2. The smallest absolute Gasteiger partial charge is 0.274 e. The van der Waals surface area contributed by atoms with Crippen LogP contribution in [0.25, 0.3) is 0 Å². The molecule has 1 saturated heterocycles. The number of aryl methyl sites for hydroxylation is 4. The molecule has 0 saturated carbocycles. The van der Waals surface area contributed by atoms with Crippen LogP contribution in [0, 0.1) is 27.7 Å². The molecule has 1 aromatic carbocycles. The van der Waals surface area contributed by atoms with Gasteiger partial charge in [-0.25, -0.2) is 9.97 Å². The second-order valence-corrected chi connectivity index (χ2v) is 6.96. The van der Waals surface area contributed by atoms with E-state index in [9.17, 15) is 4.79 Å². The van der Waals surface area contributed by atoms with Crippen LogP contribution >= 0.6 is 0 Å². The summed E-state index contributed by atoms with van der Waals surface area (Å²) in [4.78, 5) is 21.5. The Balaban J connectivity index is 1.74. The van der Waals surface area contributed by atoms with Gasteiger partial charge in [0.2, 0.25) is 5.95 Å². The van der Waals surface area contributed by atoms with E-state index < -0.39 is 0 Å². The number of amides is 1. The third-order valence-electron chi connectivity index (χ3n) is 4.51. The Kier molecular flexibility index (Phi) is 5.52. The Bertz CT molecular complexity index is 790. The minimum absolute atomic E-state index is 0.189. The first kappa shape index (κ1) is 18.3. The molecule has 1 amide bonds. The summed E-state index contributed by atoms with van der Waals surface area (Å²) in [5.41, 5.74) is 5.20. The van der Waals surface area contributed by atoms with Gasteiger partial charge in [0, 0.05) is 24.5 Å². The molecule has 1 atom stereocenters. The molecule has 0 radical (unpaired) electrons. The lowest BCUT2D eigenvalue weighted by molar-refractivity contribution is 0.102. The zero-order valence-electron chi connectivity index (χ0n) is 15.8. The van der Waals surface area contributed by atoms with Crippen LogP contribution in [0.3, 0.4) is 0 Å². The number of carbonyl (C=O) groups is 1. The Morgan fingerprint density at radius 3 is 2.54 bits per heavy atom. The van der Waals surface area contributed by atoms with Gasteiger partial charge in [-0.3, -0.25) is 4.79 Å². The van der Waals surface area contributed by atoms with E-state index in [4.69, 9.17) is 4.74 Å². The molecule has 1 aliphatic rings. The number of nitrogens with zero attached hydrogens (tertiary/aromatic N) is 2. The van der Waals surface area contributed by atoms with Crippen LogP contribution in [-0.2, 0) is 4.74 Å². The van der Waals surface area contributed by atoms with Crippen molar-refractivity contribution in [1.82, 2.24) is 9.97 Å². The van der Waals surface area contributed by atoms with Gasteiger partial charge in [-0.05, 0) is 57.7 Å². The summed E-state index contributed by atoms with van der Waals surface area (Å²) in [5, 5.41) is 6.18. The highest BCUT2D eigenvalue weighted by Gasteiger charge is 2.17. The molecule has 3 rings (SSSR count). The molecule has 6 nitrogen and oxygen atoms in total. The van der Waals surface area contributed by atoms with Gasteiger partial charge in [-0.1, -0.05) is 17.7 Å². The lowest BCUT2D eigenvalue weighted by Gasteiger charge is -2.14. The number of hydrogen-bond acceptors (Lipinski definition) is 5. The molecule has 2 heterocycles. The van der Waals surface area contributed by atoms with Gasteiger partial charge < -0.3 is 15.4 Å². The van der Waals surface area contributed by atoms with Crippen molar-refractivity contribution in [3.8, 4) is 0 Å². The molecule has 1 fully saturated rings. The summed E-state index contributed by atoms with van der Waals surface area (Å²) in [5.74, 6) is 0.230. The lowest BCUT2D eigenvalue weighted by Crippen LogP contribution is -2.21. The summed E-state index contributed by atoms with van der Waals surface area (Å²) in [6, 6.07) is 5.82. The number of anilines is 2. The van der Waals surface area contributed by atoms with Crippen LogP contribution in [0.2, 0.25) is 0 Å². The summed E-state index contributed by atoms with van der Waals surface area (Å²) in [7, 11) is 0. The minimum Gasteiger partial charge on any atom is -0.376 e. The fourth-order valence-electron chi connectivity index (χ4n) is 3.33. The molecule has 1 aromatic heterocycles. The van der Waals surface area contributed by atoms with E-state index in [1.807, 2.05) is 27.7 Å². The van der Waals surface area contributed by atoms with Crippen molar-refractivity contribution in [3.05, 3.63) is 46.3 Å². The van der Waals surface area contributed by atoms with Crippen LogP contribution in [-0.4, -0.2) is 35.1 Å². The zero-order chi connectivity index (χ0) is 18.7. The number of rotatable bonds is 5. The summed E-state index contributed by atoms with van der Waals surface area (Å²) in [6.07, 6.45) is 2.32. The van der Waals surface area contributed by atoms with E-state index >= 15 is 0 Å². The lowest BCUT2D eigenvalue weighted by atomic mass is 10.0. The first-order valence-electron chi connectivity index (χ1n) is 9.03. The fraction of sp³-hybridized carbons (Fsp3) is 0.450. The molecule has 6 heteroatoms. The average molecular weight is 354 g/mol. The van der Waals surface area contributed by atoms with Gasteiger partial charge in [-0.15, -0.1) is 0 Å². The van der Waals surface area contributed by atoms with Gasteiger partial charge in [0.05, 0.1) is 6.10 Å². The number of hydrogen-bond donors (Lipinski definition) is 2. The largest absolute Gasteiger partial charge is 0.376 e. The highest BCUT2D eigenvalue weighted by molar-refractivity contribution is 6.04. The Hall–Kier alpha value is -2.47. The monoisotopic (exact) mass is 354 g/mol. The van der Waals surface area contributed by atoms with E-state index in [-0.39, 0.29) is 12.0 Å². The quantitative estimate of drug-likeness (QED) is 0.859. The number of ether oxygens (including phenoxy) is 1. The molecule has 1 aliphatic heterocycles. The molecule has 2 aromatic rings. The highest BCUT2D eigenvalue weighted by Crippen LogP contribution is 2.22. The van der Waals surface area contributed by atoms with E-state index in [1.165, 1.54) is 5.56 Å². The molecule has 0 spiro atoms.